The van der Waals surface area contributed by atoms with Crippen LogP contribution in [-0.2, 0) is 0 Å². The lowest BCUT2D eigenvalue weighted by Gasteiger charge is -2.00. The average molecular weight is 390 g/mol. The molecular weight excluding hydrogens is 380 g/mol. The van der Waals surface area contributed by atoms with Crippen molar-refractivity contribution >= 4 is 28.9 Å². The summed E-state index contributed by atoms with van der Waals surface area (Å²) in [4.78, 5) is 21.5. The summed E-state index contributed by atoms with van der Waals surface area (Å²) >= 11 is 0. The molecule has 0 fully saturated rings. The molecule has 0 amide bonds. The number of Topliss-reactive ketones (excluding diaryl/α,β-unsaturated/α-hetero) is 1. The summed E-state index contributed by atoms with van der Waals surface area (Å²) < 4.78 is 11.3. The summed E-state index contributed by atoms with van der Waals surface area (Å²) in [5, 5.41) is 18.7. The van der Waals surface area contributed by atoms with E-state index in [0.29, 0.717) is 17.0 Å². The first-order valence-electron chi connectivity index (χ1n) is 8.93. The molecule has 2 heterocycles. The zero-order chi connectivity index (χ0) is 20.7. The van der Waals surface area contributed by atoms with Gasteiger partial charge in [-0.3, -0.25) is 4.79 Å². The standard InChI is InChI=1S/C23H10N4O3/c24-11-14(12-25)19-15-8-4-5-9-16(15)20(28)17(19)10-18-26-22-23(29-18)27-21(30-22)13-6-2-1-3-7-13/h1-10H/b17-10-. The van der Waals surface area contributed by atoms with Gasteiger partial charge in [0.05, 0.1) is 0 Å². The first-order valence-corrected chi connectivity index (χ1v) is 8.93. The van der Waals surface area contributed by atoms with Crippen molar-refractivity contribution in [2.45, 2.75) is 0 Å². The molecule has 0 saturated carbocycles. The predicted molar refractivity (Wildman–Crippen MR) is 106 cm³/mol. The second-order valence-corrected chi connectivity index (χ2v) is 6.45. The van der Waals surface area contributed by atoms with E-state index in [2.05, 4.69) is 9.97 Å². The normalized spacial score (nSPS) is 14.0. The van der Waals surface area contributed by atoms with Crippen molar-refractivity contribution in [1.29, 1.82) is 10.5 Å². The Hall–Kier alpha value is -4.75. The van der Waals surface area contributed by atoms with Crippen molar-refractivity contribution in [3.8, 4) is 23.6 Å². The Morgan fingerprint density at radius 3 is 2.23 bits per heavy atom. The van der Waals surface area contributed by atoms with Gasteiger partial charge in [-0.25, -0.2) is 0 Å². The molecule has 140 valence electrons. The first-order chi connectivity index (χ1) is 14.7. The highest BCUT2D eigenvalue weighted by Crippen LogP contribution is 2.39. The maximum atomic E-state index is 12.9. The van der Waals surface area contributed by atoms with Gasteiger partial charge in [-0.15, -0.1) is 0 Å². The quantitative estimate of drug-likeness (QED) is 0.364. The Labute approximate surface area is 169 Å². The zero-order valence-electron chi connectivity index (χ0n) is 15.3. The number of benzene rings is 2. The third kappa shape index (κ3) is 2.62. The van der Waals surface area contributed by atoms with E-state index in [1.54, 1.807) is 24.3 Å². The molecule has 7 nitrogen and oxygen atoms in total. The largest absolute Gasteiger partial charge is 0.415 e. The van der Waals surface area contributed by atoms with Gasteiger partial charge in [-0.1, -0.05) is 42.5 Å². The Kier molecular flexibility index (Phi) is 3.87. The van der Waals surface area contributed by atoms with Crippen LogP contribution in [0.15, 0.2) is 74.6 Å². The van der Waals surface area contributed by atoms with E-state index < -0.39 is 0 Å². The highest BCUT2D eigenvalue weighted by Gasteiger charge is 2.32. The minimum Gasteiger partial charge on any atom is -0.415 e. The lowest BCUT2D eigenvalue weighted by Crippen LogP contribution is -1.96. The maximum absolute atomic E-state index is 12.9. The van der Waals surface area contributed by atoms with Crippen molar-refractivity contribution in [3.05, 3.63) is 82.8 Å². The minimum atomic E-state index is -0.309. The van der Waals surface area contributed by atoms with Crippen molar-refractivity contribution < 1.29 is 13.6 Å². The molecule has 7 heteroatoms. The number of aromatic nitrogens is 2. The molecule has 0 atom stereocenters. The summed E-state index contributed by atoms with van der Waals surface area (Å²) in [5.74, 6) is 0.160. The van der Waals surface area contributed by atoms with Gasteiger partial charge in [0.2, 0.25) is 11.8 Å². The Morgan fingerprint density at radius 1 is 0.867 bits per heavy atom. The van der Waals surface area contributed by atoms with E-state index in [9.17, 15) is 15.3 Å². The summed E-state index contributed by atoms with van der Waals surface area (Å²) in [7, 11) is 0. The number of carbonyl (C=O) groups is 1. The summed E-state index contributed by atoms with van der Waals surface area (Å²) in [6.07, 6.45) is 1.41. The fourth-order valence-corrected chi connectivity index (χ4v) is 3.39. The number of nitrogens with zero attached hydrogens (tertiary/aromatic N) is 4. The van der Waals surface area contributed by atoms with E-state index in [-0.39, 0.29) is 39.8 Å². The predicted octanol–water partition coefficient (Wildman–Crippen LogP) is 4.56. The fourth-order valence-electron chi connectivity index (χ4n) is 3.39. The smallest absolute Gasteiger partial charge is 0.288 e. The highest BCUT2D eigenvalue weighted by atomic mass is 16.4. The molecule has 0 N–H and O–H groups in total. The van der Waals surface area contributed by atoms with Crippen molar-refractivity contribution in [2.24, 2.45) is 0 Å². The zero-order valence-corrected chi connectivity index (χ0v) is 15.3. The molecule has 1 aliphatic carbocycles. The number of allylic oxidation sites excluding steroid dienone is 3. The van der Waals surface area contributed by atoms with Gasteiger partial charge in [-0.2, -0.15) is 20.5 Å². The molecule has 1 aliphatic rings. The Bertz CT molecular complexity index is 1430. The maximum Gasteiger partial charge on any atom is 0.288 e. The fraction of sp³-hybridized carbons (Fsp3) is 0. The molecule has 0 spiro atoms. The second-order valence-electron chi connectivity index (χ2n) is 6.45. The van der Waals surface area contributed by atoms with Crippen LogP contribution in [0.5, 0.6) is 0 Å². The van der Waals surface area contributed by atoms with Gasteiger partial charge in [0.1, 0.15) is 17.7 Å². The van der Waals surface area contributed by atoms with Crippen LogP contribution in [0, 0.1) is 22.7 Å². The lowest BCUT2D eigenvalue weighted by atomic mass is 9.99. The van der Waals surface area contributed by atoms with Gasteiger partial charge < -0.3 is 8.83 Å². The number of carbonyl (C=O) groups excluding carboxylic acids is 1. The van der Waals surface area contributed by atoms with Crippen LogP contribution in [0.3, 0.4) is 0 Å². The number of fused-ring (bicyclic) bond motifs is 2. The van der Waals surface area contributed by atoms with Gasteiger partial charge in [0.15, 0.2) is 5.78 Å². The van der Waals surface area contributed by atoms with E-state index in [0.717, 1.165) is 5.56 Å². The van der Waals surface area contributed by atoms with Crippen LogP contribution in [-0.4, -0.2) is 15.8 Å². The van der Waals surface area contributed by atoms with Crippen LogP contribution in [0.2, 0.25) is 0 Å². The SMILES string of the molecule is N#CC(C#N)=C1/C(=C/c2nc3oc(-c4ccccc4)nc3o2)C(=O)c2ccccc21. The molecule has 0 aliphatic heterocycles. The van der Waals surface area contributed by atoms with Crippen LogP contribution >= 0.6 is 0 Å². The topological polar surface area (TPSA) is 117 Å². The molecule has 5 rings (SSSR count). The number of nitriles is 2. The molecular formula is C23H10N4O3. The minimum absolute atomic E-state index is 0.0970. The van der Waals surface area contributed by atoms with Gasteiger partial charge in [-0.05, 0) is 17.7 Å². The Morgan fingerprint density at radius 2 is 1.53 bits per heavy atom. The van der Waals surface area contributed by atoms with Gasteiger partial charge in [0.25, 0.3) is 11.4 Å². The average Bonchev–Trinajstić information content (AvgIpc) is 3.42. The third-order valence-electron chi connectivity index (χ3n) is 4.71. The molecule has 30 heavy (non-hydrogen) atoms. The number of hydrogen-bond donors (Lipinski definition) is 0. The van der Waals surface area contributed by atoms with E-state index in [4.69, 9.17) is 8.83 Å². The second kappa shape index (κ2) is 6.69. The number of rotatable bonds is 2. The van der Waals surface area contributed by atoms with Gasteiger partial charge in [0, 0.05) is 28.3 Å². The molecule has 0 saturated heterocycles. The number of oxazole rings is 2. The monoisotopic (exact) mass is 390 g/mol. The Balaban J connectivity index is 1.62. The van der Waals surface area contributed by atoms with E-state index >= 15 is 0 Å². The molecule has 2 aromatic carbocycles. The first kappa shape index (κ1) is 17.4. The van der Waals surface area contributed by atoms with Crippen LogP contribution in [0.25, 0.3) is 34.5 Å². The van der Waals surface area contributed by atoms with E-state index in [1.165, 1.54) is 6.08 Å². The molecule has 0 unspecified atom stereocenters. The van der Waals surface area contributed by atoms with Crippen LogP contribution in [0.4, 0.5) is 0 Å². The summed E-state index contributed by atoms with van der Waals surface area (Å²) in [6, 6.07) is 19.9. The van der Waals surface area contributed by atoms with Crippen molar-refractivity contribution in [2.75, 3.05) is 0 Å². The van der Waals surface area contributed by atoms with E-state index in [1.807, 2.05) is 42.5 Å². The van der Waals surface area contributed by atoms with Crippen molar-refractivity contribution in [1.82, 2.24) is 9.97 Å². The van der Waals surface area contributed by atoms with Crippen LogP contribution < -0.4 is 0 Å². The molecule has 4 aromatic rings. The highest BCUT2D eigenvalue weighted by molar-refractivity contribution is 6.29. The van der Waals surface area contributed by atoms with Gasteiger partial charge >= 0.3 is 0 Å². The lowest BCUT2D eigenvalue weighted by molar-refractivity contribution is 0.104. The molecule has 0 radical (unpaired) electrons. The summed E-state index contributed by atoms with van der Waals surface area (Å²) in [5.41, 5.74) is 2.40. The molecule has 0 bridgehead atoms. The number of hydrogen-bond acceptors (Lipinski definition) is 7. The van der Waals surface area contributed by atoms with Crippen molar-refractivity contribution in [3.63, 3.8) is 0 Å². The number of ketones is 1. The summed E-state index contributed by atoms with van der Waals surface area (Å²) in [6.45, 7) is 0. The van der Waals surface area contributed by atoms with Crippen LogP contribution in [0.1, 0.15) is 21.8 Å². The molecule has 2 aromatic heterocycles. The third-order valence-corrected chi connectivity index (χ3v) is 4.71.